The van der Waals surface area contributed by atoms with Gasteiger partial charge in [0.2, 0.25) is 11.8 Å². The molecule has 12 rings (SSSR count). The number of hydrogen-bond acceptors (Lipinski definition) is 6. The van der Waals surface area contributed by atoms with E-state index in [1.54, 1.807) is 0 Å². The van der Waals surface area contributed by atoms with Gasteiger partial charge in [-0.15, -0.1) is 0 Å². The Bertz CT molecular complexity index is 2540. The molecule has 0 spiro atoms. The zero-order valence-electron chi connectivity index (χ0n) is 52.4. The van der Waals surface area contributed by atoms with Crippen molar-refractivity contribution in [2.45, 2.75) is 203 Å². The maximum absolute atomic E-state index is 5.66. The summed E-state index contributed by atoms with van der Waals surface area (Å²) in [5.74, 6) is 1.86. The molecule has 428 valence electrons. The fourth-order valence-electron chi connectivity index (χ4n) is 8.96. The quantitative estimate of drug-likeness (QED) is 0.174. The molecule has 0 N–H and O–H groups in total. The van der Waals surface area contributed by atoms with Gasteiger partial charge in [-0.3, -0.25) is 9.36 Å². The van der Waals surface area contributed by atoms with E-state index in [2.05, 4.69) is 131 Å². The van der Waals surface area contributed by atoms with E-state index in [-0.39, 0.29) is 0 Å². The number of rotatable bonds is 4. The number of hydrogen-bond donors (Lipinski definition) is 0. The molecule has 0 bridgehead atoms. The van der Waals surface area contributed by atoms with Gasteiger partial charge in [-0.25, -0.2) is 9.36 Å². The molecule has 4 aliphatic heterocycles. The Morgan fingerprint density at radius 2 is 0.577 bits per heavy atom. The SMILES string of the molecule is CC.CC.CC.CC.CC.CC.CC.CC.Cc1c(-c2ccccc2)nn2c1CCC2.Cc1c(-c2ccccc2)nn2c1CCCC2.Cc1c(-c2ccccc2)nn2c1OCC2.Cc1c(-c2ccccc2)nn2c1OCCC2. The Morgan fingerprint density at radius 1 is 0.295 bits per heavy atom. The van der Waals surface area contributed by atoms with Gasteiger partial charge in [0.15, 0.2) is 0 Å². The predicted molar refractivity (Wildman–Crippen MR) is 337 cm³/mol. The molecule has 8 aromatic rings. The highest BCUT2D eigenvalue weighted by molar-refractivity contribution is 5.67. The second-order valence-corrected chi connectivity index (χ2v) is 16.4. The fraction of sp³-hybridized carbons (Fsp3) is 0.471. The van der Waals surface area contributed by atoms with E-state index in [0.29, 0.717) is 0 Å². The number of aromatic nitrogens is 8. The second kappa shape index (κ2) is 40.5. The predicted octanol–water partition coefficient (Wildman–Crippen LogP) is 19.1. The van der Waals surface area contributed by atoms with Crippen molar-refractivity contribution in [2.24, 2.45) is 0 Å². The molecule has 0 fully saturated rings. The Kier molecular flexibility index (Phi) is 36.0. The molecule has 78 heavy (non-hydrogen) atoms. The molecule has 4 aliphatic rings. The molecule has 0 unspecified atom stereocenters. The number of ether oxygens (including phenoxy) is 2. The molecule has 0 aliphatic carbocycles. The highest BCUT2D eigenvalue weighted by Crippen LogP contribution is 2.34. The molecule has 0 amide bonds. The number of benzene rings is 4. The van der Waals surface area contributed by atoms with Crippen molar-refractivity contribution in [1.82, 2.24) is 39.1 Å². The summed E-state index contributed by atoms with van der Waals surface area (Å²) in [4.78, 5) is 0. The van der Waals surface area contributed by atoms with E-state index in [1.165, 1.54) is 65.7 Å². The first-order valence-corrected chi connectivity index (χ1v) is 30.2. The van der Waals surface area contributed by atoms with E-state index in [4.69, 9.17) is 14.6 Å². The van der Waals surface area contributed by atoms with Gasteiger partial charge in [0.05, 0.1) is 35.9 Å². The van der Waals surface area contributed by atoms with E-state index in [9.17, 15) is 0 Å². The summed E-state index contributed by atoms with van der Waals surface area (Å²) >= 11 is 0. The summed E-state index contributed by atoms with van der Waals surface area (Å²) in [5, 5.41) is 18.6. The van der Waals surface area contributed by atoms with Crippen LogP contribution in [0.1, 0.15) is 170 Å². The van der Waals surface area contributed by atoms with Crippen molar-refractivity contribution in [3.05, 3.63) is 155 Å². The van der Waals surface area contributed by atoms with Gasteiger partial charge in [0.1, 0.15) is 6.61 Å². The zero-order valence-corrected chi connectivity index (χ0v) is 52.4. The van der Waals surface area contributed by atoms with Gasteiger partial charge in [-0.05, 0) is 70.9 Å². The van der Waals surface area contributed by atoms with Gasteiger partial charge >= 0.3 is 0 Å². The molecule has 10 heteroatoms. The van der Waals surface area contributed by atoms with Crippen LogP contribution in [-0.2, 0) is 39.0 Å². The molecular formula is C68H104N8O2. The van der Waals surface area contributed by atoms with Crippen LogP contribution < -0.4 is 9.47 Å². The lowest BCUT2D eigenvalue weighted by molar-refractivity contribution is 0.229. The van der Waals surface area contributed by atoms with Gasteiger partial charge < -0.3 is 9.47 Å². The van der Waals surface area contributed by atoms with E-state index < -0.39 is 0 Å². The third kappa shape index (κ3) is 18.8. The number of aryl methyl sites for hydroxylation is 3. The zero-order chi connectivity index (χ0) is 58.4. The van der Waals surface area contributed by atoms with Crippen molar-refractivity contribution in [1.29, 1.82) is 0 Å². The minimum atomic E-state index is 0.748. The maximum Gasteiger partial charge on any atom is 0.215 e. The summed E-state index contributed by atoms with van der Waals surface area (Å²) in [5.41, 5.74) is 17.0. The first kappa shape index (κ1) is 69.3. The van der Waals surface area contributed by atoms with Crippen LogP contribution in [0.15, 0.2) is 121 Å². The van der Waals surface area contributed by atoms with Crippen LogP contribution >= 0.6 is 0 Å². The average molecular weight is 1070 g/mol. The van der Waals surface area contributed by atoms with Crippen LogP contribution in [0.3, 0.4) is 0 Å². The summed E-state index contributed by atoms with van der Waals surface area (Å²) < 4.78 is 19.5. The fourth-order valence-corrected chi connectivity index (χ4v) is 8.96. The first-order chi connectivity index (χ1) is 38.4. The molecule has 0 atom stereocenters. The molecule has 0 saturated carbocycles. The minimum Gasteiger partial charge on any atom is -0.478 e. The van der Waals surface area contributed by atoms with Crippen LogP contribution in [0.2, 0.25) is 0 Å². The highest BCUT2D eigenvalue weighted by Gasteiger charge is 2.23. The Morgan fingerprint density at radius 3 is 0.910 bits per heavy atom. The van der Waals surface area contributed by atoms with Gasteiger partial charge in [-0.2, -0.15) is 20.4 Å². The second-order valence-electron chi connectivity index (χ2n) is 16.4. The number of fused-ring (bicyclic) bond motifs is 4. The molecule has 4 aromatic heterocycles. The Hall–Kier alpha value is -6.68. The lowest BCUT2D eigenvalue weighted by Crippen LogP contribution is -2.14. The summed E-state index contributed by atoms with van der Waals surface area (Å²) in [6, 6.07) is 41.4. The molecule has 4 aromatic carbocycles. The van der Waals surface area contributed by atoms with Crippen LogP contribution in [-0.4, -0.2) is 52.3 Å². The van der Waals surface area contributed by atoms with Crippen molar-refractivity contribution < 1.29 is 9.47 Å². The topological polar surface area (TPSA) is 89.7 Å². The molecule has 10 nitrogen and oxygen atoms in total. The third-order valence-electron chi connectivity index (χ3n) is 12.2. The first-order valence-electron chi connectivity index (χ1n) is 30.2. The Balaban J connectivity index is 0.000000478. The van der Waals surface area contributed by atoms with Crippen LogP contribution in [0.4, 0.5) is 0 Å². The molecule has 8 heterocycles. The van der Waals surface area contributed by atoms with Crippen molar-refractivity contribution in [3.8, 4) is 56.8 Å². The average Bonchev–Trinajstić information content (AvgIpc) is 4.43. The molecule has 0 saturated heterocycles. The normalized spacial score (nSPS) is 11.9. The largest absolute Gasteiger partial charge is 0.478 e. The lowest BCUT2D eigenvalue weighted by atomic mass is 10.0. The van der Waals surface area contributed by atoms with E-state index in [0.717, 1.165) is 103 Å². The monoisotopic (exact) mass is 1060 g/mol. The van der Waals surface area contributed by atoms with Crippen molar-refractivity contribution in [2.75, 3.05) is 13.2 Å². The van der Waals surface area contributed by atoms with Crippen LogP contribution in [0.25, 0.3) is 45.0 Å². The molecule has 0 radical (unpaired) electrons. The highest BCUT2D eigenvalue weighted by atomic mass is 16.5. The molecular weight excluding hydrogens is 961 g/mol. The van der Waals surface area contributed by atoms with E-state index in [1.807, 2.05) is 163 Å². The van der Waals surface area contributed by atoms with Gasteiger partial charge in [-0.1, -0.05) is 232 Å². The maximum atomic E-state index is 5.66. The third-order valence-corrected chi connectivity index (χ3v) is 12.2. The van der Waals surface area contributed by atoms with Crippen molar-refractivity contribution in [3.63, 3.8) is 0 Å². The smallest absolute Gasteiger partial charge is 0.215 e. The minimum absolute atomic E-state index is 0.748. The summed E-state index contributed by atoms with van der Waals surface area (Å²) in [6.45, 7) is 46.1. The summed E-state index contributed by atoms with van der Waals surface area (Å²) in [6.07, 6.45) is 7.24. The standard InChI is InChI=1S/C14H16N2.C13H14N2O.C13H14N2.C12H12N2O.8C2H6/c1-11-13-9-5-6-10-16(13)15-14(11)12-7-3-2-4-8-12;1-10-12(11-6-3-2-4-7-11)14-15-8-5-9-16-13(10)15;1-10-12-8-5-9-15(12)14-13(10)11-6-3-2-4-7-11;1-9-11(10-5-3-2-4-6-10)13-14-7-8-15-12(9)14;8*1-2/h2-4,7-8H,5-6,9-10H2,1H3;2-4,6-7H,5,8-9H2,1H3;2-4,6-7H,5,8-9H2,1H3;2-6H,7-8H2,1H3;8*1-2H3. The van der Waals surface area contributed by atoms with Gasteiger partial charge in [0, 0.05) is 70.8 Å². The van der Waals surface area contributed by atoms with Crippen LogP contribution in [0.5, 0.6) is 11.8 Å². The van der Waals surface area contributed by atoms with Crippen LogP contribution in [0, 0.1) is 27.7 Å². The summed E-state index contributed by atoms with van der Waals surface area (Å²) in [7, 11) is 0. The van der Waals surface area contributed by atoms with Gasteiger partial charge in [0.25, 0.3) is 0 Å². The van der Waals surface area contributed by atoms with E-state index >= 15 is 0 Å². The van der Waals surface area contributed by atoms with Crippen molar-refractivity contribution >= 4 is 0 Å². The Labute approximate surface area is 474 Å². The number of nitrogens with zero attached hydrogens (tertiary/aromatic N) is 8. The lowest BCUT2D eigenvalue weighted by Gasteiger charge is -2.14.